The van der Waals surface area contributed by atoms with Crippen molar-refractivity contribution in [3.05, 3.63) is 22.2 Å². The Bertz CT molecular complexity index is 366. The molecule has 1 aromatic carbocycles. The molecule has 1 N–H and O–H groups in total. The van der Waals surface area contributed by atoms with Gasteiger partial charge in [0.05, 0.1) is 19.9 Å². The van der Waals surface area contributed by atoms with Crippen molar-refractivity contribution in [1.82, 2.24) is 0 Å². The number of hydrogen-bond donors (Lipinski definition) is 1. The summed E-state index contributed by atoms with van der Waals surface area (Å²) in [5, 5.41) is 11.4. The highest BCUT2D eigenvalue weighted by molar-refractivity contribution is 9.10. The number of methoxy groups -OCH3 is 1. The van der Waals surface area contributed by atoms with Crippen molar-refractivity contribution in [1.29, 1.82) is 0 Å². The van der Waals surface area contributed by atoms with E-state index in [0.29, 0.717) is 18.1 Å². The van der Waals surface area contributed by atoms with Crippen LogP contribution >= 0.6 is 15.9 Å². The second-order valence-electron chi connectivity index (χ2n) is 2.70. The Morgan fingerprint density at radius 1 is 1.47 bits per heavy atom. The minimum Gasteiger partial charge on any atom is -0.493 e. The first-order valence-electron chi connectivity index (χ1n) is 4.40. The van der Waals surface area contributed by atoms with Crippen molar-refractivity contribution >= 4 is 22.1 Å². The number of halogens is 1. The van der Waals surface area contributed by atoms with Crippen LogP contribution in [-0.4, -0.2) is 25.1 Å². The Kier molecular flexibility index (Phi) is 4.42. The van der Waals surface area contributed by atoms with Crippen molar-refractivity contribution in [2.45, 2.75) is 6.92 Å². The standard InChI is InChI=1S/C10H12BrNO3/c1-3-15-10-5-8(11)7(6-12-13)4-9(10)14-2/h4-6,13H,3H2,1-2H3/b12-6-. The molecule has 0 bridgehead atoms. The summed E-state index contributed by atoms with van der Waals surface area (Å²) < 4.78 is 11.3. The van der Waals surface area contributed by atoms with Crippen LogP contribution < -0.4 is 9.47 Å². The summed E-state index contributed by atoms with van der Waals surface area (Å²) in [5.74, 6) is 1.26. The number of oxime groups is 1. The average molecular weight is 274 g/mol. The average Bonchev–Trinajstić information content (AvgIpc) is 2.22. The lowest BCUT2D eigenvalue weighted by Gasteiger charge is -2.10. The highest BCUT2D eigenvalue weighted by Gasteiger charge is 2.08. The fraction of sp³-hybridized carbons (Fsp3) is 0.300. The lowest BCUT2D eigenvalue weighted by Crippen LogP contribution is -1.97. The number of ether oxygens (including phenoxy) is 2. The molecule has 0 radical (unpaired) electrons. The van der Waals surface area contributed by atoms with E-state index in [1.165, 1.54) is 6.21 Å². The van der Waals surface area contributed by atoms with Crippen molar-refractivity contribution in [3.63, 3.8) is 0 Å². The molecule has 0 spiro atoms. The predicted molar refractivity (Wildman–Crippen MR) is 61.2 cm³/mol. The van der Waals surface area contributed by atoms with Gasteiger partial charge in [-0.3, -0.25) is 0 Å². The van der Waals surface area contributed by atoms with E-state index in [1.807, 2.05) is 6.92 Å². The van der Waals surface area contributed by atoms with E-state index in [1.54, 1.807) is 19.2 Å². The van der Waals surface area contributed by atoms with Gasteiger partial charge in [0.2, 0.25) is 0 Å². The molecule has 0 atom stereocenters. The Labute approximate surface area is 96.6 Å². The molecule has 0 aliphatic heterocycles. The smallest absolute Gasteiger partial charge is 0.162 e. The van der Waals surface area contributed by atoms with Crippen LogP contribution in [0.1, 0.15) is 12.5 Å². The number of rotatable bonds is 4. The van der Waals surface area contributed by atoms with E-state index in [0.717, 1.165) is 10.0 Å². The van der Waals surface area contributed by atoms with Gasteiger partial charge in [-0.25, -0.2) is 0 Å². The van der Waals surface area contributed by atoms with Gasteiger partial charge in [0.1, 0.15) is 0 Å². The first-order chi connectivity index (χ1) is 7.22. The molecule has 82 valence electrons. The molecule has 0 amide bonds. The molecule has 0 fully saturated rings. The third kappa shape index (κ3) is 2.86. The van der Waals surface area contributed by atoms with Crippen molar-refractivity contribution in [2.24, 2.45) is 5.16 Å². The lowest BCUT2D eigenvalue weighted by molar-refractivity contribution is 0.310. The van der Waals surface area contributed by atoms with Crippen LogP contribution in [0, 0.1) is 0 Å². The molecule has 15 heavy (non-hydrogen) atoms. The van der Waals surface area contributed by atoms with Crippen LogP contribution in [0.5, 0.6) is 11.5 Å². The summed E-state index contributed by atoms with van der Waals surface area (Å²) in [6.45, 7) is 2.46. The monoisotopic (exact) mass is 273 g/mol. The van der Waals surface area contributed by atoms with Gasteiger partial charge in [-0.15, -0.1) is 0 Å². The summed E-state index contributed by atoms with van der Waals surface area (Å²) in [4.78, 5) is 0. The molecule has 0 unspecified atom stereocenters. The predicted octanol–water partition coefficient (Wildman–Crippen LogP) is 2.66. The molecule has 0 heterocycles. The maximum atomic E-state index is 8.46. The molecule has 5 heteroatoms. The number of nitrogens with zero attached hydrogens (tertiary/aromatic N) is 1. The third-order valence-electron chi connectivity index (χ3n) is 1.78. The fourth-order valence-corrected chi connectivity index (χ4v) is 1.56. The Morgan fingerprint density at radius 3 is 2.73 bits per heavy atom. The summed E-state index contributed by atoms with van der Waals surface area (Å²) in [7, 11) is 1.56. The van der Waals surface area contributed by atoms with Crippen molar-refractivity contribution < 1.29 is 14.7 Å². The Hall–Kier alpha value is -1.23. The van der Waals surface area contributed by atoms with Gasteiger partial charge in [0.25, 0.3) is 0 Å². The molecular formula is C10H12BrNO3. The van der Waals surface area contributed by atoms with Crippen LogP contribution in [0.25, 0.3) is 0 Å². The summed E-state index contributed by atoms with van der Waals surface area (Å²) in [6.07, 6.45) is 1.32. The van der Waals surface area contributed by atoms with E-state index in [-0.39, 0.29) is 0 Å². The second kappa shape index (κ2) is 5.60. The molecule has 1 aromatic rings. The molecule has 4 nitrogen and oxygen atoms in total. The Morgan fingerprint density at radius 2 is 2.20 bits per heavy atom. The maximum absolute atomic E-state index is 8.46. The van der Waals surface area contributed by atoms with Crippen LogP contribution in [0.2, 0.25) is 0 Å². The molecule has 1 rings (SSSR count). The van der Waals surface area contributed by atoms with Gasteiger partial charge in [-0.05, 0) is 35.0 Å². The molecule has 0 aliphatic rings. The van der Waals surface area contributed by atoms with Gasteiger partial charge in [-0.2, -0.15) is 0 Å². The van der Waals surface area contributed by atoms with E-state index in [9.17, 15) is 0 Å². The summed E-state index contributed by atoms with van der Waals surface area (Å²) in [5.41, 5.74) is 0.720. The van der Waals surface area contributed by atoms with E-state index >= 15 is 0 Å². The van der Waals surface area contributed by atoms with Crippen LogP contribution in [0.15, 0.2) is 21.8 Å². The van der Waals surface area contributed by atoms with Gasteiger partial charge in [0.15, 0.2) is 11.5 Å². The van der Waals surface area contributed by atoms with Crippen LogP contribution in [0.3, 0.4) is 0 Å². The second-order valence-corrected chi connectivity index (χ2v) is 3.56. The minimum atomic E-state index is 0.566. The molecular weight excluding hydrogens is 262 g/mol. The summed E-state index contributed by atoms with van der Waals surface area (Å²) >= 11 is 3.34. The summed E-state index contributed by atoms with van der Waals surface area (Å²) in [6, 6.07) is 3.51. The lowest BCUT2D eigenvalue weighted by atomic mass is 10.2. The topological polar surface area (TPSA) is 51.0 Å². The maximum Gasteiger partial charge on any atom is 0.162 e. The van der Waals surface area contributed by atoms with Gasteiger partial charge in [0, 0.05) is 10.0 Å². The molecule has 0 aromatic heterocycles. The number of benzene rings is 1. The van der Waals surface area contributed by atoms with E-state index in [4.69, 9.17) is 14.7 Å². The SMILES string of the molecule is CCOc1cc(Br)c(/C=N\O)cc1OC. The highest BCUT2D eigenvalue weighted by atomic mass is 79.9. The third-order valence-corrected chi connectivity index (χ3v) is 2.47. The minimum absolute atomic E-state index is 0.566. The van der Waals surface area contributed by atoms with Crippen LogP contribution in [-0.2, 0) is 0 Å². The zero-order valence-corrected chi connectivity index (χ0v) is 10.1. The fourth-order valence-electron chi connectivity index (χ4n) is 1.14. The number of hydrogen-bond acceptors (Lipinski definition) is 4. The molecule has 0 aliphatic carbocycles. The van der Waals surface area contributed by atoms with Gasteiger partial charge >= 0.3 is 0 Å². The first-order valence-corrected chi connectivity index (χ1v) is 5.20. The molecule has 0 saturated carbocycles. The quantitative estimate of drug-likeness (QED) is 0.521. The first kappa shape index (κ1) is 11.8. The van der Waals surface area contributed by atoms with E-state index in [2.05, 4.69) is 21.1 Å². The van der Waals surface area contributed by atoms with Gasteiger partial charge < -0.3 is 14.7 Å². The van der Waals surface area contributed by atoms with Crippen molar-refractivity contribution in [3.8, 4) is 11.5 Å². The van der Waals surface area contributed by atoms with Gasteiger partial charge in [-0.1, -0.05) is 5.16 Å². The largest absolute Gasteiger partial charge is 0.493 e. The highest BCUT2D eigenvalue weighted by Crippen LogP contribution is 2.32. The molecule has 0 saturated heterocycles. The normalized spacial score (nSPS) is 10.6. The Balaban J connectivity index is 3.16. The van der Waals surface area contributed by atoms with Crippen LogP contribution in [0.4, 0.5) is 0 Å². The van der Waals surface area contributed by atoms with E-state index < -0.39 is 0 Å². The van der Waals surface area contributed by atoms with Crippen molar-refractivity contribution in [2.75, 3.05) is 13.7 Å². The zero-order valence-electron chi connectivity index (χ0n) is 8.53. The zero-order chi connectivity index (χ0) is 11.3.